The Morgan fingerprint density at radius 1 is 1.06 bits per heavy atom. The molecule has 1 fully saturated rings. The molecule has 0 saturated carbocycles. The number of ether oxygens (including phenoxy) is 2. The molecule has 1 amide bonds. The number of hydrogen-bond donors (Lipinski definition) is 1. The number of nitrogens with two attached hydrogens (primary N) is 1. The van der Waals surface area contributed by atoms with Crippen molar-refractivity contribution >= 4 is 17.4 Å². The highest BCUT2D eigenvalue weighted by molar-refractivity contribution is 5.96. The Kier molecular flexibility index (Phi) is 7.40. The fourth-order valence-electron chi connectivity index (χ4n) is 3.99. The minimum atomic E-state index is -0.646. The fraction of sp³-hybridized carbons (Fsp3) is 0.222. The van der Waals surface area contributed by atoms with Crippen LogP contribution in [0.5, 0.6) is 23.1 Å². The number of ketones is 1. The van der Waals surface area contributed by atoms with Gasteiger partial charge in [-0.05, 0) is 67.3 Å². The first kappa shape index (κ1) is 23.9. The number of nitrogens with zero attached hydrogens (tertiary/aromatic N) is 2. The topological polar surface area (TPSA) is 94.8 Å². The van der Waals surface area contributed by atoms with E-state index in [9.17, 15) is 14.0 Å². The van der Waals surface area contributed by atoms with Gasteiger partial charge in [-0.3, -0.25) is 9.59 Å². The number of anilines is 1. The molecule has 0 spiro atoms. The molecule has 2 aromatic carbocycles. The third kappa shape index (κ3) is 6.23. The van der Waals surface area contributed by atoms with Crippen LogP contribution >= 0.6 is 0 Å². The first-order valence-electron chi connectivity index (χ1n) is 11.3. The molecule has 8 heteroatoms. The van der Waals surface area contributed by atoms with Crippen molar-refractivity contribution in [3.8, 4) is 23.1 Å². The number of aromatic nitrogens is 1. The van der Waals surface area contributed by atoms with E-state index < -0.39 is 5.91 Å². The molecule has 1 saturated heterocycles. The summed E-state index contributed by atoms with van der Waals surface area (Å²) in [6.07, 6.45) is 5.28. The summed E-state index contributed by atoms with van der Waals surface area (Å²) in [6, 6.07) is 14.2. The van der Waals surface area contributed by atoms with E-state index in [0.29, 0.717) is 29.6 Å². The van der Waals surface area contributed by atoms with E-state index in [1.807, 2.05) is 0 Å². The van der Waals surface area contributed by atoms with Gasteiger partial charge in [0.1, 0.15) is 28.6 Å². The van der Waals surface area contributed by atoms with Crippen molar-refractivity contribution in [2.45, 2.75) is 19.3 Å². The Morgan fingerprint density at radius 2 is 1.74 bits per heavy atom. The molecule has 0 aliphatic carbocycles. The van der Waals surface area contributed by atoms with Crippen LogP contribution in [0.25, 0.3) is 0 Å². The van der Waals surface area contributed by atoms with Crippen molar-refractivity contribution in [2.75, 3.05) is 18.0 Å². The van der Waals surface area contributed by atoms with Gasteiger partial charge < -0.3 is 20.1 Å². The van der Waals surface area contributed by atoms with E-state index in [1.54, 1.807) is 48.7 Å². The van der Waals surface area contributed by atoms with Crippen molar-refractivity contribution in [3.05, 3.63) is 84.8 Å². The van der Waals surface area contributed by atoms with Gasteiger partial charge in [-0.25, -0.2) is 9.37 Å². The minimum absolute atomic E-state index is 0.0659. The van der Waals surface area contributed by atoms with Gasteiger partial charge in [0.05, 0.1) is 11.9 Å². The van der Waals surface area contributed by atoms with E-state index in [0.717, 1.165) is 31.6 Å². The molecule has 0 atom stereocenters. The molecule has 2 heterocycles. The van der Waals surface area contributed by atoms with Gasteiger partial charge in [-0.2, -0.15) is 0 Å². The van der Waals surface area contributed by atoms with Crippen LogP contribution in [0.4, 0.5) is 10.1 Å². The maximum Gasteiger partial charge on any atom is 0.254 e. The Morgan fingerprint density at radius 3 is 2.37 bits per heavy atom. The molecule has 1 aromatic heterocycles. The van der Waals surface area contributed by atoms with Gasteiger partial charge >= 0.3 is 0 Å². The van der Waals surface area contributed by atoms with E-state index in [2.05, 4.69) is 16.5 Å². The number of benzene rings is 2. The van der Waals surface area contributed by atoms with Gasteiger partial charge in [0.2, 0.25) is 5.88 Å². The lowest BCUT2D eigenvalue weighted by molar-refractivity contribution is -0.115. The molecule has 2 N–H and O–H groups in total. The van der Waals surface area contributed by atoms with Crippen LogP contribution in [0.3, 0.4) is 0 Å². The van der Waals surface area contributed by atoms with Crippen molar-refractivity contribution in [1.82, 2.24) is 4.98 Å². The maximum atomic E-state index is 13.3. The number of hydrogen-bond acceptors (Lipinski definition) is 6. The molecule has 0 bridgehead atoms. The molecule has 0 radical (unpaired) electrons. The second-order valence-electron chi connectivity index (χ2n) is 8.35. The van der Waals surface area contributed by atoms with Crippen LogP contribution in [0, 0.1) is 11.7 Å². The third-order valence-electron chi connectivity index (χ3n) is 5.87. The highest BCUT2D eigenvalue weighted by Crippen LogP contribution is 2.31. The number of carbonyl (C=O) groups is 2. The average molecular weight is 476 g/mol. The van der Waals surface area contributed by atoms with Crippen LogP contribution in [-0.2, 0) is 4.79 Å². The van der Waals surface area contributed by atoms with Crippen LogP contribution in [0.1, 0.15) is 29.6 Å². The van der Waals surface area contributed by atoms with Gasteiger partial charge in [0, 0.05) is 25.6 Å². The molecule has 35 heavy (non-hydrogen) atoms. The minimum Gasteiger partial charge on any atom is -0.457 e. The van der Waals surface area contributed by atoms with E-state index >= 15 is 0 Å². The lowest BCUT2D eigenvalue weighted by atomic mass is 9.91. The van der Waals surface area contributed by atoms with Crippen molar-refractivity contribution in [3.63, 3.8) is 0 Å². The molecule has 3 aromatic rings. The normalized spacial score (nSPS) is 13.8. The average Bonchev–Trinajstić information content (AvgIpc) is 2.86. The number of piperidine rings is 1. The highest BCUT2D eigenvalue weighted by atomic mass is 19.1. The smallest absolute Gasteiger partial charge is 0.254 e. The Balaban J connectivity index is 1.42. The summed E-state index contributed by atoms with van der Waals surface area (Å²) in [4.78, 5) is 30.2. The summed E-state index contributed by atoms with van der Waals surface area (Å²) in [6.45, 7) is 5.04. The second kappa shape index (κ2) is 10.8. The molecule has 0 unspecified atom stereocenters. The zero-order valence-corrected chi connectivity index (χ0v) is 19.2. The predicted octanol–water partition coefficient (Wildman–Crippen LogP) is 5.27. The Labute approximate surface area is 203 Å². The zero-order valence-electron chi connectivity index (χ0n) is 19.2. The van der Waals surface area contributed by atoms with E-state index in [4.69, 9.17) is 15.2 Å². The summed E-state index contributed by atoms with van der Waals surface area (Å²) in [5.74, 6) is 0.781. The summed E-state index contributed by atoms with van der Waals surface area (Å²) >= 11 is 0. The summed E-state index contributed by atoms with van der Waals surface area (Å²) < 4.78 is 24.8. The molecular formula is C27H26FN3O4. The van der Waals surface area contributed by atoms with Gasteiger partial charge in [-0.1, -0.05) is 12.6 Å². The zero-order chi connectivity index (χ0) is 24.8. The van der Waals surface area contributed by atoms with Crippen LogP contribution in [-0.4, -0.2) is 29.8 Å². The number of primary amides is 1. The van der Waals surface area contributed by atoms with Crippen LogP contribution < -0.4 is 20.1 Å². The standard InChI is InChI=1S/C27H26FN3O4/c1-2-21(32)14-18-10-12-31(13-11-18)20-16-25(26(29)33)27(30-17-20)35-23-8-6-22(7-9-23)34-24-5-3-4-19(28)15-24/h2-9,15-18H,1,10-14H2,(H2,29,33). The largest absolute Gasteiger partial charge is 0.457 e. The molecule has 1 aliphatic rings. The summed E-state index contributed by atoms with van der Waals surface area (Å²) in [5.41, 5.74) is 6.56. The van der Waals surface area contributed by atoms with E-state index in [1.165, 1.54) is 18.2 Å². The molecular weight excluding hydrogens is 449 g/mol. The lowest BCUT2D eigenvalue weighted by Gasteiger charge is -2.33. The molecule has 7 nitrogen and oxygen atoms in total. The van der Waals surface area contributed by atoms with Crippen molar-refractivity contribution in [1.29, 1.82) is 0 Å². The van der Waals surface area contributed by atoms with Crippen molar-refractivity contribution in [2.24, 2.45) is 11.7 Å². The highest BCUT2D eigenvalue weighted by Gasteiger charge is 2.23. The number of halogens is 1. The molecule has 1 aliphatic heterocycles. The number of pyridine rings is 1. The quantitative estimate of drug-likeness (QED) is 0.424. The summed E-state index contributed by atoms with van der Waals surface area (Å²) in [5, 5.41) is 0. The van der Waals surface area contributed by atoms with Crippen molar-refractivity contribution < 1.29 is 23.5 Å². The maximum absolute atomic E-state index is 13.3. The second-order valence-corrected chi connectivity index (χ2v) is 8.35. The number of rotatable bonds is 9. The number of amides is 1. The third-order valence-corrected chi connectivity index (χ3v) is 5.87. The van der Waals surface area contributed by atoms with Gasteiger partial charge in [-0.15, -0.1) is 0 Å². The SMILES string of the molecule is C=CC(=O)CC1CCN(c2cnc(Oc3ccc(Oc4cccc(F)c4)cc3)c(C(N)=O)c2)CC1. The first-order valence-corrected chi connectivity index (χ1v) is 11.3. The predicted molar refractivity (Wildman–Crippen MR) is 131 cm³/mol. The van der Waals surface area contributed by atoms with Gasteiger partial charge in [0.15, 0.2) is 5.78 Å². The number of allylic oxidation sites excluding steroid dienone is 1. The van der Waals surface area contributed by atoms with E-state index in [-0.39, 0.29) is 23.0 Å². The number of carbonyl (C=O) groups excluding carboxylic acids is 2. The van der Waals surface area contributed by atoms with Crippen LogP contribution in [0.2, 0.25) is 0 Å². The Bertz CT molecular complexity index is 1220. The molecule has 180 valence electrons. The Hall–Kier alpha value is -4.20. The first-order chi connectivity index (χ1) is 16.9. The van der Waals surface area contributed by atoms with Gasteiger partial charge in [0.25, 0.3) is 5.91 Å². The fourth-order valence-corrected chi connectivity index (χ4v) is 3.99. The lowest BCUT2D eigenvalue weighted by Crippen LogP contribution is -2.34. The van der Waals surface area contributed by atoms with Crippen LogP contribution in [0.15, 0.2) is 73.4 Å². The molecule has 4 rings (SSSR count). The monoisotopic (exact) mass is 475 g/mol. The summed E-state index contributed by atoms with van der Waals surface area (Å²) in [7, 11) is 0.